The second kappa shape index (κ2) is 6.48. The second-order valence-corrected chi connectivity index (χ2v) is 6.09. The Morgan fingerprint density at radius 1 is 1.28 bits per heavy atom. The van der Waals surface area contributed by atoms with Crippen LogP contribution >= 0.6 is 23.4 Å². The summed E-state index contributed by atoms with van der Waals surface area (Å²) in [6.45, 7) is 0. The van der Waals surface area contributed by atoms with Crippen LogP contribution in [-0.2, 0) is 0 Å². The molecule has 0 spiro atoms. The van der Waals surface area contributed by atoms with Gasteiger partial charge >= 0.3 is 0 Å². The zero-order chi connectivity index (χ0) is 13.0. The Morgan fingerprint density at radius 2 is 1.94 bits per heavy atom. The number of amides is 1. The molecule has 1 aliphatic carbocycles. The lowest BCUT2D eigenvalue weighted by molar-refractivity contribution is 0.0925. The number of halogens is 1. The van der Waals surface area contributed by atoms with Gasteiger partial charge in [0.2, 0.25) is 0 Å². The van der Waals surface area contributed by atoms with E-state index in [0.717, 1.165) is 36.1 Å². The minimum Gasteiger partial charge on any atom is -0.349 e. The minimum absolute atomic E-state index is 0.0398. The van der Waals surface area contributed by atoms with Crippen LogP contribution in [-0.4, -0.2) is 23.6 Å². The van der Waals surface area contributed by atoms with E-state index >= 15 is 0 Å². The zero-order valence-electron chi connectivity index (χ0n) is 10.5. The molecule has 0 aliphatic heterocycles. The zero-order valence-corrected chi connectivity index (χ0v) is 12.1. The number of hydrogen-bond acceptors (Lipinski definition) is 2. The van der Waals surface area contributed by atoms with E-state index in [1.54, 1.807) is 11.8 Å². The van der Waals surface area contributed by atoms with Crippen LogP contribution in [0.1, 0.15) is 36.0 Å². The summed E-state index contributed by atoms with van der Waals surface area (Å²) in [4.78, 5) is 13.2. The van der Waals surface area contributed by atoms with E-state index in [-0.39, 0.29) is 17.3 Å². The highest BCUT2D eigenvalue weighted by Gasteiger charge is 2.22. The number of hydrogen-bond donors (Lipinski definition) is 1. The molecule has 0 radical (unpaired) electrons. The first kappa shape index (κ1) is 13.8. The largest absolute Gasteiger partial charge is 0.349 e. The lowest BCUT2D eigenvalue weighted by Gasteiger charge is -2.26. The molecule has 2 nitrogen and oxygen atoms in total. The lowest BCUT2D eigenvalue weighted by Crippen LogP contribution is -2.38. The van der Waals surface area contributed by atoms with E-state index in [1.807, 2.05) is 30.5 Å². The smallest absolute Gasteiger partial charge is 0.252 e. The van der Waals surface area contributed by atoms with Crippen molar-refractivity contribution in [1.29, 1.82) is 0 Å². The molecule has 1 N–H and O–H groups in total. The highest BCUT2D eigenvalue weighted by molar-refractivity contribution is 7.98. The molecule has 0 saturated heterocycles. The SMILES string of the molecule is CSc1ccccc1C(=O)NC1CCC(Cl)CC1. The average Bonchev–Trinajstić information content (AvgIpc) is 2.41. The van der Waals surface area contributed by atoms with E-state index in [0.29, 0.717) is 0 Å². The van der Waals surface area contributed by atoms with Crippen LogP contribution in [0.5, 0.6) is 0 Å². The molecule has 1 aromatic carbocycles. The van der Waals surface area contributed by atoms with Crippen molar-refractivity contribution >= 4 is 29.3 Å². The highest BCUT2D eigenvalue weighted by atomic mass is 35.5. The van der Waals surface area contributed by atoms with Crippen molar-refractivity contribution in [1.82, 2.24) is 5.32 Å². The molecule has 1 fully saturated rings. The van der Waals surface area contributed by atoms with Gasteiger partial charge in [0, 0.05) is 16.3 Å². The molecule has 0 aromatic heterocycles. The van der Waals surface area contributed by atoms with E-state index in [9.17, 15) is 4.79 Å². The second-order valence-electron chi connectivity index (χ2n) is 4.62. The molecule has 0 heterocycles. The average molecular weight is 284 g/mol. The molecule has 1 aromatic rings. The van der Waals surface area contributed by atoms with Gasteiger partial charge in [0.15, 0.2) is 0 Å². The predicted molar refractivity (Wildman–Crippen MR) is 77.6 cm³/mol. The molecule has 1 saturated carbocycles. The number of thioether (sulfide) groups is 1. The maximum Gasteiger partial charge on any atom is 0.252 e. The molecule has 0 atom stereocenters. The van der Waals surface area contributed by atoms with E-state index in [1.165, 1.54) is 0 Å². The van der Waals surface area contributed by atoms with Crippen LogP contribution in [0.4, 0.5) is 0 Å². The quantitative estimate of drug-likeness (QED) is 0.677. The molecule has 4 heteroatoms. The van der Waals surface area contributed by atoms with Gasteiger partial charge in [-0.25, -0.2) is 0 Å². The number of carbonyl (C=O) groups excluding carboxylic acids is 1. The van der Waals surface area contributed by atoms with Gasteiger partial charge in [-0.3, -0.25) is 4.79 Å². The van der Waals surface area contributed by atoms with Crippen molar-refractivity contribution < 1.29 is 4.79 Å². The third-order valence-corrected chi connectivity index (χ3v) is 4.58. The van der Waals surface area contributed by atoms with Crippen molar-refractivity contribution in [3.63, 3.8) is 0 Å². The van der Waals surface area contributed by atoms with Crippen molar-refractivity contribution in [3.8, 4) is 0 Å². The molecule has 98 valence electrons. The summed E-state index contributed by atoms with van der Waals surface area (Å²) in [6.07, 6.45) is 5.96. The minimum atomic E-state index is 0.0398. The van der Waals surface area contributed by atoms with Crippen molar-refractivity contribution in [2.24, 2.45) is 0 Å². The fourth-order valence-electron chi connectivity index (χ4n) is 2.29. The number of nitrogens with one attached hydrogen (secondary N) is 1. The number of benzene rings is 1. The highest BCUT2D eigenvalue weighted by Crippen LogP contribution is 2.24. The van der Waals surface area contributed by atoms with Crippen LogP contribution in [0.15, 0.2) is 29.2 Å². The van der Waals surface area contributed by atoms with Crippen molar-refractivity contribution in [2.45, 2.75) is 42.0 Å². The number of rotatable bonds is 3. The Balaban J connectivity index is 1.99. The maximum absolute atomic E-state index is 12.2. The normalized spacial score (nSPS) is 23.7. The molecular weight excluding hydrogens is 266 g/mol. The fraction of sp³-hybridized carbons (Fsp3) is 0.500. The summed E-state index contributed by atoms with van der Waals surface area (Å²) < 4.78 is 0. The summed E-state index contributed by atoms with van der Waals surface area (Å²) in [5, 5.41) is 3.41. The first-order valence-corrected chi connectivity index (χ1v) is 7.94. The standard InChI is InChI=1S/C14H18ClNOS/c1-18-13-5-3-2-4-12(13)14(17)16-11-8-6-10(15)7-9-11/h2-5,10-11H,6-9H2,1H3,(H,16,17). The Morgan fingerprint density at radius 3 is 2.61 bits per heavy atom. The van der Waals surface area contributed by atoms with Gasteiger partial charge in [-0.15, -0.1) is 23.4 Å². The summed E-state index contributed by atoms with van der Waals surface area (Å²) in [5.74, 6) is 0.0398. The number of alkyl halides is 1. The Kier molecular flexibility index (Phi) is 4.95. The molecule has 0 unspecified atom stereocenters. The molecular formula is C14H18ClNOS. The van der Waals surface area contributed by atoms with Gasteiger partial charge in [0.25, 0.3) is 5.91 Å². The van der Waals surface area contributed by atoms with Crippen LogP contribution in [0.25, 0.3) is 0 Å². The van der Waals surface area contributed by atoms with Crippen molar-refractivity contribution in [2.75, 3.05) is 6.26 Å². The summed E-state index contributed by atoms with van der Waals surface area (Å²) in [7, 11) is 0. The summed E-state index contributed by atoms with van der Waals surface area (Å²) in [5.41, 5.74) is 0.776. The summed E-state index contributed by atoms with van der Waals surface area (Å²) >= 11 is 7.67. The van der Waals surface area contributed by atoms with Crippen LogP contribution in [0.3, 0.4) is 0 Å². The van der Waals surface area contributed by atoms with E-state index < -0.39 is 0 Å². The first-order chi connectivity index (χ1) is 8.70. The summed E-state index contributed by atoms with van der Waals surface area (Å²) in [6, 6.07) is 8.01. The first-order valence-electron chi connectivity index (χ1n) is 6.28. The molecule has 1 aliphatic rings. The molecule has 2 rings (SSSR count). The van der Waals surface area contributed by atoms with Gasteiger partial charge < -0.3 is 5.32 Å². The number of carbonyl (C=O) groups is 1. The Hall–Kier alpha value is -0.670. The predicted octanol–water partition coefficient (Wildman–Crippen LogP) is 3.69. The monoisotopic (exact) mass is 283 g/mol. The van der Waals surface area contributed by atoms with Gasteiger partial charge in [0.05, 0.1) is 5.56 Å². The van der Waals surface area contributed by atoms with E-state index in [4.69, 9.17) is 11.6 Å². The third-order valence-electron chi connectivity index (χ3n) is 3.34. The molecule has 18 heavy (non-hydrogen) atoms. The maximum atomic E-state index is 12.2. The Labute approximate surface area is 117 Å². The van der Waals surface area contributed by atoms with Gasteiger partial charge in [-0.05, 0) is 44.1 Å². The lowest BCUT2D eigenvalue weighted by atomic mass is 9.95. The van der Waals surface area contributed by atoms with Crippen LogP contribution < -0.4 is 5.32 Å². The van der Waals surface area contributed by atoms with Gasteiger partial charge in [-0.1, -0.05) is 12.1 Å². The molecule has 1 amide bonds. The van der Waals surface area contributed by atoms with Crippen LogP contribution in [0, 0.1) is 0 Å². The molecule has 0 bridgehead atoms. The van der Waals surface area contributed by atoms with Crippen molar-refractivity contribution in [3.05, 3.63) is 29.8 Å². The topological polar surface area (TPSA) is 29.1 Å². The third kappa shape index (κ3) is 3.42. The Bertz CT molecular complexity index is 416. The van der Waals surface area contributed by atoms with Gasteiger partial charge in [0.1, 0.15) is 0 Å². The fourth-order valence-corrected chi connectivity index (χ4v) is 3.14. The van der Waals surface area contributed by atoms with Crippen LogP contribution in [0.2, 0.25) is 0 Å². The van der Waals surface area contributed by atoms with E-state index in [2.05, 4.69) is 5.32 Å². The van der Waals surface area contributed by atoms with Gasteiger partial charge in [-0.2, -0.15) is 0 Å².